The first kappa shape index (κ1) is 17.2. The third-order valence-corrected chi connectivity index (χ3v) is 5.56. The molecule has 1 fully saturated rings. The Morgan fingerprint density at radius 1 is 1.23 bits per heavy atom. The zero-order valence-corrected chi connectivity index (χ0v) is 15.3. The SMILES string of the molecule is O=C(CSCc1cccnc1)N[C@@H](c1ccc2c(c1)OCCO2)C1CC1. The van der Waals surface area contributed by atoms with E-state index in [4.69, 9.17) is 9.47 Å². The van der Waals surface area contributed by atoms with Crippen LogP contribution in [-0.2, 0) is 10.5 Å². The molecular weight excluding hydrogens is 348 g/mol. The Morgan fingerprint density at radius 3 is 2.85 bits per heavy atom. The molecule has 1 amide bonds. The molecule has 6 heteroatoms. The van der Waals surface area contributed by atoms with Crippen LogP contribution >= 0.6 is 11.8 Å². The van der Waals surface area contributed by atoms with Crippen molar-refractivity contribution in [3.8, 4) is 11.5 Å². The molecule has 4 rings (SSSR count). The molecule has 2 aliphatic rings. The molecule has 0 unspecified atom stereocenters. The minimum atomic E-state index is 0.0531. The van der Waals surface area contributed by atoms with E-state index in [9.17, 15) is 4.79 Å². The number of hydrogen-bond acceptors (Lipinski definition) is 5. The Bertz CT molecular complexity index is 765. The molecule has 1 atom stereocenters. The predicted molar refractivity (Wildman–Crippen MR) is 101 cm³/mol. The lowest BCUT2D eigenvalue weighted by Crippen LogP contribution is -2.31. The van der Waals surface area contributed by atoms with Crippen molar-refractivity contribution in [3.63, 3.8) is 0 Å². The molecule has 2 aromatic rings. The fraction of sp³-hybridized carbons (Fsp3) is 0.400. The second-order valence-electron chi connectivity index (χ2n) is 6.64. The van der Waals surface area contributed by atoms with Crippen molar-refractivity contribution < 1.29 is 14.3 Å². The van der Waals surface area contributed by atoms with Crippen LogP contribution in [0.25, 0.3) is 0 Å². The summed E-state index contributed by atoms with van der Waals surface area (Å²) in [7, 11) is 0. The van der Waals surface area contributed by atoms with E-state index in [1.54, 1.807) is 18.0 Å². The Kier molecular flexibility index (Phi) is 5.29. The largest absolute Gasteiger partial charge is 0.486 e. The Labute approximate surface area is 157 Å². The van der Waals surface area contributed by atoms with Crippen LogP contribution in [0.2, 0.25) is 0 Å². The fourth-order valence-corrected chi connectivity index (χ4v) is 3.89. The molecule has 1 aromatic heterocycles. The number of benzene rings is 1. The average Bonchev–Trinajstić information content (AvgIpc) is 3.52. The molecule has 2 heterocycles. The first-order chi connectivity index (χ1) is 12.8. The Morgan fingerprint density at radius 2 is 2.08 bits per heavy atom. The molecule has 26 heavy (non-hydrogen) atoms. The highest BCUT2D eigenvalue weighted by Crippen LogP contribution is 2.43. The molecule has 0 spiro atoms. The van der Waals surface area contributed by atoms with Crippen LogP contribution in [0.1, 0.15) is 30.0 Å². The third-order valence-electron chi connectivity index (χ3n) is 4.56. The van der Waals surface area contributed by atoms with Crippen molar-refractivity contribution in [2.75, 3.05) is 19.0 Å². The van der Waals surface area contributed by atoms with Gasteiger partial charge in [0.25, 0.3) is 0 Å². The summed E-state index contributed by atoms with van der Waals surface area (Å²) >= 11 is 1.61. The van der Waals surface area contributed by atoms with Gasteiger partial charge in [0, 0.05) is 18.1 Å². The number of nitrogens with one attached hydrogen (secondary N) is 1. The molecular formula is C20H22N2O3S. The van der Waals surface area contributed by atoms with Crippen molar-refractivity contribution in [1.82, 2.24) is 10.3 Å². The topological polar surface area (TPSA) is 60.5 Å². The van der Waals surface area contributed by atoms with Crippen LogP contribution < -0.4 is 14.8 Å². The minimum Gasteiger partial charge on any atom is -0.486 e. The lowest BCUT2D eigenvalue weighted by atomic mass is 10.0. The van der Waals surface area contributed by atoms with Crippen LogP contribution in [0.4, 0.5) is 0 Å². The van der Waals surface area contributed by atoms with Gasteiger partial charge in [-0.3, -0.25) is 9.78 Å². The number of nitrogens with zero attached hydrogens (tertiary/aromatic N) is 1. The van der Waals surface area contributed by atoms with E-state index in [1.807, 2.05) is 36.5 Å². The standard InChI is InChI=1S/C20H22N2O3S/c23-19(13-26-12-14-2-1-7-21-11-14)22-20(15-3-4-15)16-5-6-17-18(10-16)25-9-8-24-17/h1-2,5-7,10-11,15,20H,3-4,8-9,12-13H2,(H,22,23)/t20-/m1/s1. The molecule has 136 valence electrons. The zero-order valence-electron chi connectivity index (χ0n) is 14.5. The predicted octanol–water partition coefficient (Wildman–Crippen LogP) is 3.35. The van der Waals surface area contributed by atoms with E-state index in [0.717, 1.165) is 41.2 Å². The molecule has 1 N–H and O–H groups in total. The van der Waals surface area contributed by atoms with Crippen molar-refractivity contribution >= 4 is 17.7 Å². The van der Waals surface area contributed by atoms with E-state index in [0.29, 0.717) is 24.9 Å². The summed E-state index contributed by atoms with van der Waals surface area (Å²) in [6.07, 6.45) is 5.91. The number of fused-ring (bicyclic) bond motifs is 1. The van der Waals surface area contributed by atoms with Crippen molar-refractivity contribution in [1.29, 1.82) is 0 Å². The van der Waals surface area contributed by atoms with Crippen LogP contribution in [0.3, 0.4) is 0 Å². The molecule has 0 saturated heterocycles. The molecule has 1 saturated carbocycles. The lowest BCUT2D eigenvalue weighted by molar-refractivity contribution is -0.119. The van der Waals surface area contributed by atoms with Gasteiger partial charge in [-0.05, 0) is 48.1 Å². The summed E-state index contributed by atoms with van der Waals surface area (Å²) in [5.74, 6) is 3.39. The number of thioether (sulfide) groups is 1. The van der Waals surface area contributed by atoms with Gasteiger partial charge in [-0.2, -0.15) is 0 Å². The van der Waals surface area contributed by atoms with E-state index in [1.165, 1.54) is 0 Å². The number of ether oxygens (including phenoxy) is 2. The smallest absolute Gasteiger partial charge is 0.230 e. The number of hydrogen-bond donors (Lipinski definition) is 1. The molecule has 0 radical (unpaired) electrons. The van der Waals surface area contributed by atoms with E-state index in [2.05, 4.69) is 10.3 Å². The van der Waals surface area contributed by atoms with Gasteiger partial charge in [0.1, 0.15) is 13.2 Å². The summed E-state index contributed by atoms with van der Waals surface area (Å²) in [6.45, 7) is 1.16. The van der Waals surface area contributed by atoms with E-state index in [-0.39, 0.29) is 11.9 Å². The molecule has 1 aliphatic heterocycles. The van der Waals surface area contributed by atoms with Gasteiger partial charge in [-0.1, -0.05) is 12.1 Å². The van der Waals surface area contributed by atoms with Crippen molar-refractivity contribution in [2.45, 2.75) is 24.6 Å². The molecule has 0 bridgehead atoms. The number of amides is 1. The summed E-state index contributed by atoms with van der Waals surface area (Å²) in [4.78, 5) is 16.5. The highest BCUT2D eigenvalue weighted by Gasteiger charge is 2.34. The van der Waals surface area contributed by atoms with Gasteiger partial charge in [0.2, 0.25) is 5.91 Å². The quantitative estimate of drug-likeness (QED) is 0.810. The molecule has 5 nitrogen and oxygen atoms in total. The number of carbonyl (C=O) groups is 1. The summed E-state index contributed by atoms with van der Waals surface area (Å²) in [6, 6.07) is 10.0. The van der Waals surface area contributed by atoms with Gasteiger partial charge >= 0.3 is 0 Å². The minimum absolute atomic E-state index is 0.0531. The second-order valence-corrected chi connectivity index (χ2v) is 7.63. The average molecular weight is 370 g/mol. The van der Waals surface area contributed by atoms with Crippen LogP contribution in [0, 0.1) is 5.92 Å². The first-order valence-corrected chi connectivity index (χ1v) is 10.1. The number of rotatable bonds is 7. The highest BCUT2D eigenvalue weighted by atomic mass is 32.2. The Hall–Kier alpha value is -2.21. The maximum atomic E-state index is 12.4. The normalized spacial score (nSPS) is 16.8. The lowest BCUT2D eigenvalue weighted by Gasteiger charge is -2.23. The van der Waals surface area contributed by atoms with Crippen molar-refractivity contribution in [2.24, 2.45) is 5.92 Å². The van der Waals surface area contributed by atoms with Gasteiger partial charge < -0.3 is 14.8 Å². The third kappa shape index (κ3) is 4.30. The zero-order chi connectivity index (χ0) is 17.8. The summed E-state index contributed by atoms with van der Waals surface area (Å²) in [5, 5.41) is 3.22. The van der Waals surface area contributed by atoms with Crippen LogP contribution in [0.5, 0.6) is 11.5 Å². The second kappa shape index (κ2) is 7.99. The maximum Gasteiger partial charge on any atom is 0.230 e. The van der Waals surface area contributed by atoms with Crippen LogP contribution in [0.15, 0.2) is 42.7 Å². The first-order valence-electron chi connectivity index (χ1n) is 8.95. The summed E-state index contributed by atoms with van der Waals surface area (Å²) < 4.78 is 11.3. The van der Waals surface area contributed by atoms with Gasteiger partial charge in [0.05, 0.1) is 11.8 Å². The van der Waals surface area contributed by atoms with Gasteiger partial charge in [0.15, 0.2) is 11.5 Å². The number of pyridine rings is 1. The van der Waals surface area contributed by atoms with Crippen molar-refractivity contribution in [3.05, 3.63) is 53.9 Å². The number of carbonyl (C=O) groups excluding carboxylic acids is 1. The highest BCUT2D eigenvalue weighted by molar-refractivity contribution is 7.99. The number of aromatic nitrogens is 1. The van der Waals surface area contributed by atoms with Gasteiger partial charge in [-0.15, -0.1) is 11.8 Å². The fourth-order valence-electron chi connectivity index (χ4n) is 3.12. The van der Waals surface area contributed by atoms with E-state index < -0.39 is 0 Å². The Balaban J connectivity index is 1.35. The van der Waals surface area contributed by atoms with Crippen LogP contribution in [-0.4, -0.2) is 29.9 Å². The molecule has 1 aromatic carbocycles. The molecule has 1 aliphatic carbocycles. The monoisotopic (exact) mass is 370 g/mol. The maximum absolute atomic E-state index is 12.4. The van der Waals surface area contributed by atoms with E-state index >= 15 is 0 Å². The summed E-state index contributed by atoms with van der Waals surface area (Å²) in [5.41, 5.74) is 2.23. The van der Waals surface area contributed by atoms with Gasteiger partial charge in [-0.25, -0.2) is 0 Å².